The van der Waals surface area contributed by atoms with Crippen molar-refractivity contribution in [3.63, 3.8) is 0 Å². The first-order valence-electron chi connectivity index (χ1n) is 12.4. The molecule has 0 aromatic heterocycles. The van der Waals surface area contributed by atoms with Gasteiger partial charge in [0, 0.05) is 32.7 Å². The van der Waals surface area contributed by atoms with E-state index in [1.165, 1.54) is 11.4 Å². The van der Waals surface area contributed by atoms with Crippen molar-refractivity contribution < 1.29 is 13.2 Å². The van der Waals surface area contributed by atoms with Crippen LogP contribution in [0, 0.1) is 11.3 Å². The Balaban J connectivity index is 0.00000361. The quantitative estimate of drug-likeness (QED) is 0.295. The van der Waals surface area contributed by atoms with Crippen LogP contribution in [0.5, 0.6) is 0 Å². The van der Waals surface area contributed by atoms with Crippen LogP contribution in [0.1, 0.15) is 44.9 Å². The summed E-state index contributed by atoms with van der Waals surface area (Å²) in [5.41, 5.74) is 5.70. The van der Waals surface area contributed by atoms with Gasteiger partial charge in [-0.05, 0) is 54.5 Å². The van der Waals surface area contributed by atoms with Gasteiger partial charge in [0.15, 0.2) is 5.96 Å². The Morgan fingerprint density at radius 1 is 1.08 bits per heavy atom. The summed E-state index contributed by atoms with van der Waals surface area (Å²) in [5, 5.41) is 10.8. The van der Waals surface area contributed by atoms with Crippen LogP contribution >= 0.6 is 12.4 Å². The molecule has 1 saturated carbocycles. The van der Waals surface area contributed by atoms with Gasteiger partial charge in [-0.2, -0.15) is 0 Å². The number of carbonyl (C=O) groups excluding carboxylic acids is 1. The summed E-state index contributed by atoms with van der Waals surface area (Å²) < 4.78 is 26.8. The Labute approximate surface area is 219 Å². The van der Waals surface area contributed by atoms with E-state index in [2.05, 4.69) is 4.83 Å². The number of likely N-dealkylation sites (tertiary alicyclic amines) is 1. The minimum absolute atomic E-state index is 0. The molecule has 1 heterocycles. The summed E-state index contributed by atoms with van der Waals surface area (Å²) in [6.07, 6.45) is 6.83. The number of piperidine rings is 1. The minimum atomic E-state index is -3.99. The van der Waals surface area contributed by atoms with Crippen LogP contribution in [0.3, 0.4) is 0 Å². The molecule has 2 aliphatic rings. The molecular weight excluding hydrogens is 500 g/mol. The van der Waals surface area contributed by atoms with Gasteiger partial charge in [0.05, 0.1) is 4.90 Å². The molecule has 2 fully saturated rings. The molecule has 4 N–H and O–H groups in total. The van der Waals surface area contributed by atoms with Gasteiger partial charge < -0.3 is 15.5 Å². The van der Waals surface area contributed by atoms with Crippen LogP contribution in [0.15, 0.2) is 47.4 Å². The van der Waals surface area contributed by atoms with Crippen molar-refractivity contribution >= 4 is 45.2 Å². The number of rotatable bonds is 6. The van der Waals surface area contributed by atoms with Crippen molar-refractivity contribution in [3.05, 3.63) is 42.5 Å². The molecule has 0 bridgehead atoms. The van der Waals surface area contributed by atoms with Crippen LogP contribution in [0.25, 0.3) is 10.8 Å². The Morgan fingerprint density at radius 3 is 2.47 bits per heavy atom. The lowest BCUT2D eigenvalue weighted by molar-refractivity contribution is 0.110. The maximum atomic E-state index is 13.6. The molecule has 198 valence electrons. The molecule has 1 saturated heterocycles. The summed E-state index contributed by atoms with van der Waals surface area (Å²) in [4.78, 5) is 19.8. The first kappa shape index (κ1) is 28.0. The number of hydrogen-bond donors (Lipinski definition) is 3. The lowest BCUT2D eigenvalue weighted by Gasteiger charge is -2.38. The number of nitrogens with two attached hydrogens (primary N) is 1. The molecule has 11 heteroatoms. The number of nitrogens with one attached hydrogen (secondary N) is 2. The zero-order valence-electron chi connectivity index (χ0n) is 20.7. The number of guanidine groups is 1. The highest BCUT2D eigenvalue weighted by atomic mass is 35.5. The zero-order valence-corrected chi connectivity index (χ0v) is 22.4. The summed E-state index contributed by atoms with van der Waals surface area (Å²) in [5.74, 6) is -0.000645. The highest BCUT2D eigenvalue weighted by Gasteiger charge is 2.32. The Kier molecular flexibility index (Phi) is 9.43. The monoisotopic (exact) mass is 536 g/mol. The predicted octanol–water partition coefficient (Wildman–Crippen LogP) is 3.75. The number of hydrazine groups is 1. The molecular formula is C25H37ClN6O3S. The molecule has 1 aliphatic carbocycles. The average molecular weight is 537 g/mol. The van der Waals surface area contributed by atoms with Crippen molar-refractivity contribution in [3.8, 4) is 0 Å². The van der Waals surface area contributed by atoms with Gasteiger partial charge >= 0.3 is 6.03 Å². The van der Waals surface area contributed by atoms with E-state index in [0.717, 1.165) is 49.3 Å². The number of urea groups is 1. The van der Waals surface area contributed by atoms with Gasteiger partial charge in [0.2, 0.25) is 0 Å². The third-order valence-electron chi connectivity index (χ3n) is 7.22. The lowest BCUT2D eigenvalue weighted by atomic mass is 9.94. The van der Waals surface area contributed by atoms with Gasteiger partial charge in [0.1, 0.15) is 0 Å². The van der Waals surface area contributed by atoms with Crippen LogP contribution in [-0.2, 0) is 10.0 Å². The number of nitrogens with zero attached hydrogens (tertiary/aromatic N) is 3. The summed E-state index contributed by atoms with van der Waals surface area (Å²) in [6.45, 7) is 1.43. The number of carbonyl (C=O) groups is 1. The molecule has 1 atom stereocenters. The molecule has 36 heavy (non-hydrogen) atoms. The molecule has 9 nitrogen and oxygen atoms in total. The van der Waals surface area contributed by atoms with E-state index in [0.29, 0.717) is 13.1 Å². The molecule has 2 aromatic rings. The molecule has 2 amide bonds. The van der Waals surface area contributed by atoms with Crippen LogP contribution < -0.4 is 10.6 Å². The Bertz CT molecular complexity index is 1170. The third kappa shape index (κ3) is 6.60. The second kappa shape index (κ2) is 12.1. The number of amides is 2. The maximum Gasteiger partial charge on any atom is 0.335 e. The fourth-order valence-electron chi connectivity index (χ4n) is 5.19. The predicted molar refractivity (Wildman–Crippen MR) is 144 cm³/mol. The second-order valence-electron chi connectivity index (χ2n) is 9.74. The van der Waals surface area contributed by atoms with Crippen LogP contribution in [0.2, 0.25) is 0 Å². The highest BCUT2D eigenvalue weighted by molar-refractivity contribution is 7.89. The van der Waals surface area contributed by atoms with Gasteiger partial charge in [-0.3, -0.25) is 5.41 Å². The molecule has 1 aliphatic heterocycles. The number of hydrogen-bond acceptors (Lipinski definition) is 4. The number of halogens is 1. The van der Waals surface area contributed by atoms with E-state index in [1.807, 2.05) is 24.3 Å². The fourth-order valence-corrected chi connectivity index (χ4v) is 6.27. The highest BCUT2D eigenvalue weighted by Crippen LogP contribution is 2.24. The summed E-state index contributed by atoms with van der Waals surface area (Å²) >= 11 is 0. The van der Waals surface area contributed by atoms with Crippen LogP contribution in [-0.4, -0.2) is 67.9 Å². The van der Waals surface area contributed by atoms with Crippen molar-refractivity contribution in [2.45, 2.75) is 55.9 Å². The standard InChI is InChI=1S/C25H36N6O3S.ClH/c1-29(22-11-3-2-4-12-22)25(32)31(18-19-8-7-15-30(17-19)24(26)27)28-35(33,34)23-14-13-20-9-5-6-10-21(20)16-23;/h5-6,9-10,13-14,16,19,22,28H,2-4,7-8,11-12,15,17-18H2,1H3,(H3,26,27);1H. The summed E-state index contributed by atoms with van der Waals surface area (Å²) in [6, 6.07) is 12.3. The van der Waals surface area contributed by atoms with Gasteiger partial charge in [0.25, 0.3) is 10.0 Å². The minimum Gasteiger partial charge on any atom is -0.370 e. The SMILES string of the molecule is CN(C(=O)N(CC1CCCN(C(=N)N)C1)NS(=O)(=O)c1ccc2ccccc2c1)C1CCCCC1.Cl. The molecule has 4 rings (SSSR count). The van der Waals surface area contributed by atoms with E-state index in [-0.39, 0.29) is 47.8 Å². The topological polar surface area (TPSA) is 123 Å². The smallest absolute Gasteiger partial charge is 0.335 e. The van der Waals surface area contributed by atoms with Crippen molar-refractivity contribution in [1.29, 1.82) is 5.41 Å². The first-order valence-corrected chi connectivity index (χ1v) is 13.9. The number of sulfonamides is 1. The fraction of sp³-hybridized carbons (Fsp3) is 0.520. The molecule has 1 unspecified atom stereocenters. The van der Waals surface area contributed by atoms with E-state index < -0.39 is 10.0 Å². The normalized spacial score (nSPS) is 18.9. The zero-order chi connectivity index (χ0) is 25.0. The van der Waals surface area contributed by atoms with E-state index >= 15 is 0 Å². The lowest BCUT2D eigenvalue weighted by Crippen LogP contribution is -2.56. The van der Waals surface area contributed by atoms with Gasteiger partial charge in [-0.25, -0.2) is 18.2 Å². The summed E-state index contributed by atoms with van der Waals surface area (Å²) in [7, 11) is -2.23. The van der Waals surface area contributed by atoms with Crippen molar-refractivity contribution in [2.75, 3.05) is 26.7 Å². The first-order chi connectivity index (χ1) is 16.7. The van der Waals surface area contributed by atoms with Crippen LogP contribution in [0.4, 0.5) is 4.79 Å². The molecule has 2 aromatic carbocycles. The van der Waals surface area contributed by atoms with E-state index in [4.69, 9.17) is 11.1 Å². The maximum absolute atomic E-state index is 13.6. The van der Waals surface area contributed by atoms with Crippen molar-refractivity contribution in [2.24, 2.45) is 11.7 Å². The average Bonchev–Trinajstić information content (AvgIpc) is 2.87. The molecule has 0 spiro atoms. The van der Waals surface area contributed by atoms with Crippen molar-refractivity contribution in [1.82, 2.24) is 19.6 Å². The number of fused-ring (bicyclic) bond motifs is 1. The Hall–Kier alpha value is -2.56. The van der Waals surface area contributed by atoms with Gasteiger partial charge in [-0.15, -0.1) is 17.2 Å². The van der Waals surface area contributed by atoms with E-state index in [1.54, 1.807) is 35.0 Å². The van der Waals surface area contributed by atoms with Gasteiger partial charge in [-0.1, -0.05) is 49.6 Å². The number of benzene rings is 2. The largest absolute Gasteiger partial charge is 0.370 e. The molecule has 0 radical (unpaired) electrons. The Morgan fingerprint density at radius 2 is 1.78 bits per heavy atom. The third-order valence-corrected chi connectivity index (χ3v) is 8.55. The van der Waals surface area contributed by atoms with E-state index in [9.17, 15) is 13.2 Å². The second-order valence-corrected chi connectivity index (χ2v) is 11.4.